The number of aliphatic imine (C=N–C) groups is 1. The van der Waals surface area contributed by atoms with Gasteiger partial charge in [0.1, 0.15) is 5.75 Å². The first-order chi connectivity index (χ1) is 12.8. The quantitative estimate of drug-likeness (QED) is 0.444. The topological polar surface area (TPSA) is 21.6 Å². The molecule has 3 heteroatoms. The first-order valence-corrected chi connectivity index (χ1v) is 10.3. The van der Waals surface area contributed by atoms with Gasteiger partial charge in [-0.25, -0.2) is 4.99 Å². The van der Waals surface area contributed by atoms with Gasteiger partial charge < -0.3 is 4.74 Å². The molecule has 4 rings (SSSR count). The molecule has 2 atom stereocenters. The highest BCUT2D eigenvalue weighted by atomic mass is 32.2. The van der Waals surface area contributed by atoms with Gasteiger partial charge in [-0.1, -0.05) is 61.2 Å². The third-order valence-electron chi connectivity index (χ3n) is 5.30. The average Bonchev–Trinajstić information content (AvgIpc) is 3.20. The number of ether oxygens (including phenoxy) is 1. The van der Waals surface area contributed by atoms with Gasteiger partial charge in [0.25, 0.3) is 0 Å². The molecule has 0 radical (unpaired) electrons. The second kappa shape index (κ2) is 7.71. The lowest BCUT2D eigenvalue weighted by atomic mass is 9.84. The van der Waals surface area contributed by atoms with Crippen LogP contribution in [0.15, 0.2) is 75.8 Å². The van der Waals surface area contributed by atoms with Crippen molar-refractivity contribution in [2.75, 3.05) is 6.61 Å². The molecule has 0 fully saturated rings. The van der Waals surface area contributed by atoms with E-state index in [-0.39, 0.29) is 0 Å². The highest BCUT2D eigenvalue weighted by Crippen LogP contribution is 2.47. The maximum Gasteiger partial charge on any atom is 0.120 e. The Morgan fingerprint density at radius 1 is 1.35 bits per heavy atom. The van der Waals surface area contributed by atoms with Gasteiger partial charge in [-0.3, -0.25) is 0 Å². The van der Waals surface area contributed by atoms with Gasteiger partial charge in [-0.2, -0.15) is 0 Å². The minimum Gasteiger partial charge on any atom is -0.493 e. The Morgan fingerprint density at radius 2 is 2.27 bits per heavy atom. The fraction of sp³-hybridized carbons (Fsp3) is 0.348. The Hall–Kier alpha value is -2.00. The molecule has 0 N–H and O–H groups in total. The van der Waals surface area contributed by atoms with Crippen LogP contribution in [0.25, 0.3) is 0 Å². The molecule has 2 unspecified atom stereocenters. The molecule has 26 heavy (non-hydrogen) atoms. The fourth-order valence-corrected chi connectivity index (χ4v) is 5.12. The minimum atomic E-state index is 0.496. The summed E-state index contributed by atoms with van der Waals surface area (Å²) in [4.78, 5) is 6.34. The van der Waals surface area contributed by atoms with Crippen molar-refractivity contribution >= 4 is 16.8 Å². The van der Waals surface area contributed by atoms with Crippen LogP contribution in [0.2, 0.25) is 0 Å². The molecule has 2 heterocycles. The molecule has 2 nitrogen and oxygen atoms in total. The summed E-state index contributed by atoms with van der Waals surface area (Å²) in [7, 11) is 0. The van der Waals surface area contributed by atoms with E-state index < -0.39 is 0 Å². The standard InChI is InChI=1S/C23H25NOS/c1-3-4-7-14-25-18-10-11-19-16(2)20-12-13-21(17-8-5-6-9-17)24-23(20)26-22(19)15-18/h3-6,8,10-11,13,15-16,20H,7,9,12,14H2,1-2H3. The number of benzene rings is 1. The maximum absolute atomic E-state index is 5.91. The number of hydrogen-bond acceptors (Lipinski definition) is 3. The zero-order chi connectivity index (χ0) is 17.9. The molecule has 0 amide bonds. The van der Waals surface area contributed by atoms with Gasteiger partial charge in [0.15, 0.2) is 0 Å². The van der Waals surface area contributed by atoms with Crippen molar-refractivity contribution in [3.63, 3.8) is 0 Å². The molecule has 0 aromatic heterocycles. The Morgan fingerprint density at radius 3 is 3.08 bits per heavy atom. The van der Waals surface area contributed by atoms with Crippen LogP contribution in [0.1, 0.15) is 44.6 Å². The van der Waals surface area contributed by atoms with Gasteiger partial charge in [0.05, 0.1) is 17.3 Å². The Kier molecular flexibility index (Phi) is 5.16. The molecule has 0 saturated heterocycles. The van der Waals surface area contributed by atoms with Crippen LogP contribution < -0.4 is 4.74 Å². The van der Waals surface area contributed by atoms with Crippen LogP contribution in [0.4, 0.5) is 0 Å². The van der Waals surface area contributed by atoms with Crippen molar-refractivity contribution in [1.82, 2.24) is 0 Å². The highest BCUT2D eigenvalue weighted by molar-refractivity contribution is 8.14. The summed E-state index contributed by atoms with van der Waals surface area (Å²) < 4.78 is 5.91. The third kappa shape index (κ3) is 3.45. The normalized spacial score (nSPS) is 24.0. The lowest BCUT2D eigenvalue weighted by Gasteiger charge is -2.34. The number of allylic oxidation sites excluding steroid dienone is 6. The van der Waals surface area contributed by atoms with Crippen LogP contribution in [-0.4, -0.2) is 11.7 Å². The molecule has 1 aromatic rings. The molecule has 1 aliphatic carbocycles. The van der Waals surface area contributed by atoms with Gasteiger partial charge in [0, 0.05) is 10.8 Å². The second-order valence-corrected chi connectivity index (χ2v) is 8.06. The molecule has 0 saturated carbocycles. The van der Waals surface area contributed by atoms with E-state index in [1.54, 1.807) is 0 Å². The second-order valence-electron chi connectivity index (χ2n) is 7.00. The molecule has 0 spiro atoms. The van der Waals surface area contributed by atoms with Crippen LogP contribution >= 0.6 is 11.8 Å². The summed E-state index contributed by atoms with van der Waals surface area (Å²) in [6.07, 6.45) is 16.1. The van der Waals surface area contributed by atoms with Gasteiger partial charge >= 0.3 is 0 Å². The van der Waals surface area contributed by atoms with E-state index >= 15 is 0 Å². The summed E-state index contributed by atoms with van der Waals surface area (Å²) in [5, 5.41) is 1.27. The van der Waals surface area contributed by atoms with E-state index in [2.05, 4.69) is 61.6 Å². The predicted molar refractivity (Wildman–Crippen MR) is 111 cm³/mol. The third-order valence-corrected chi connectivity index (χ3v) is 6.47. The van der Waals surface area contributed by atoms with Gasteiger partial charge in [0.2, 0.25) is 0 Å². The molecule has 0 bridgehead atoms. The largest absolute Gasteiger partial charge is 0.493 e. The van der Waals surface area contributed by atoms with Crippen molar-refractivity contribution in [2.24, 2.45) is 10.9 Å². The van der Waals surface area contributed by atoms with Gasteiger partial charge in [-0.05, 0) is 55.4 Å². The minimum absolute atomic E-state index is 0.496. The predicted octanol–water partition coefficient (Wildman–Crippen LogP) is 6.43. The number of thioether (sulfide) groups is 1. The van der Waals surface area contributed by atoms with Crippen LogP contribution in [0, 0.1) is 5.92 Å². The first-order valence-electron chi connectivity index (χ1n) is 9.47. The molecular formula is C23H25NOS. The molecule has 2 aliphatic heterocycles. The molecular weight excluding hydrogens is 338 g/mol. The van der Waals surface area contributed by atoms with E-state index in [1.165, 1.54) is 26.8 Å². The van der Waals surface area contributed by atoms with E-state index in [4.69, 9.17) is 9.73 Å². The fourth-order valence-electron chi connectivity index (χ4n) is 3.75. The van der Waals surface area contributed by atoms with E-state index in [0.29, 0.717) is 11.8 Å². The van der Waals surface area contributed by atoms with Crippen molar-refractivity contribution in [3.8, 4) is 5.75 Å². The maximum atomic E-state index is 5.91. The lowest BCUT2D eigenvalue weighted by Crippen LogP contribution is -2.25. The Labute approximate surface area is 160 Å². The van der Waals surface area contributed by atoms with Crippen LogP contribution in [0.3, 0.4) is 0 Å². The highest BCUT2D eigenvalue weighted by Gasteiger charge is 2.34. The number of fused-ring (bicyclic) bond motifs is 2. The van der Waals surface area contributed by atoms with Crippen LogP contribution in [-0.2, 0) is 0 Å². The monoisotopic (exact) mass is 363 g/mol. The van der Waals surface area contributed by atoms with E-state index in [9.17, 15) is 0 Å². The SMILES string of the molecule is CC=CCCOc1ccc2c(c1)SC1=NC(C3=CC=CC3)=CCC1C2C. The summed E-state index contributed by atoms with van der Waals surface area (Å²) in [6.45, 7) is 5.10. The molecule has 1 aromatic carbocycles. The van der Waals surface area contributed by atoms with Crippen molar-refractivity contribution in [1.29, 1.82) is 0 Å². The van der Waals surface area contributed by atoms with Gasteiger partial charge in [-0.15, -0.1) is 0 Å². The molecule has 3 aliphatic rings. The first kappa shape index (κ1) is 17.4. The summed E-state index contributed by atoms with van der Waals surface area (Å²) >= 11 is 1.83. The lowest BCUT2D eigenvalue weighted by molar-refractivity contribution is 0.324. The zero-order valence-corrected chi connectivity index (χ0v) is 16.3. The van der Waals surface area contributed by atoms with Crippen molar-refractivity contribution in [3.05, 3.63) is 71.5 Å². The number of hydrogen-bond donors (Lipinski definition) is 0. The molecule has 134 valence electrons. The zero-order valence-electron chi connectivity index (χ0n) is 15.4. The Bertz CT molecular complexity index is 844. The Balaban J connectivity index is 1.54. The summed E-state index contributed by atoms with van der Waals surface area (Å²) in [5.74, 6) is 1.96. The van der Waals surface area contributed by atoms with Crippen molar-refractivity contribution < 1.29 is 4.74 Å². The van der Waals surface area contributed by atoms with Crippen LogP contribution in [0.5, 0.6) is 5.75 Å². The summed E-state index contributed by atoms with van der Waals surface area (Å²) in [6, 6.07) is 6.56. The van der Waals surface area contributed by atoms with E-state index in [1.807, 2.05) is 18.7 Å². The summed E-state index contributed by atoms with van der Waals surface area (Å²) in [5.41, 5.74) is 3.94. The van der Waals surface area contributed by atoms with Crippen molar-refractivity contribution in [2.45, 2.75) is 43.9 Å². The average molecular weight is 364 g/mol. The number of rotatable bonds is 5. The van der Waals surface area contributed by atoms with E-state index in [0.717, 1.165) is 31.6 Å². The smallest absolute Gasteiger partial charge is 0.120 e. The number of nitrogens with zero attached hydrogens (tertiary/aromatic N) is 1.